The largest absolute Gasteiger partial charge is 0.398 e. The van der Waals surface area contributed by atoms with Gasteiger partial charge in [0.05, 0.1) is 0 Å². The molecule has 0 atom stereocenters. The summed E-state index contributed by atoms with van der Waals surface area (Å²) in [6, 6.07) is 14.3. The van der Waals surface area contributed by atoms with E-state index in [2.05, 4.69) is 23.1 Å². The Hall–Kier alpha value is -1.51. The minimum absolute atomic E-state index is 0.789. The fraction of sp³-hybridized carbons (Fsp3) is 0.250. The molecule has 0 aromatic heterocycles. The highest BCUT2D eigenvalue weighted by atomic mass is 35.5. The Morgan fingerprint density at radius 2 is 1.89 bits per heavy atom. The molecule has 1 heterocycles. The van der Waals surface area contributed by atoms with Gasteiger partial charge < -0.3 is 5.73 Å². The summed E-state index contributed by atoms with van der Waals surface area (Å²) in [5.74, 6) is 0. The molecule has 1 aliphatic rings. The smallest absolute Gasteiger partial charge is 0.0406 e. The first-order valence-corrected chi connectivity index (χ1v) is 6.93. The van der Waals surface area contributed by atoms with Crippen LogP contribution in [0.2, 0.25) is 5.02 Å². The molecule has 3 rings (SSSR count). The Morgan fingerprint density at radius 3 is 2.68 bits per heavy atom. The van der Waals surface area contributed by atoms with Crippen molar-refractivity contribution in [1.29, 1.82) is 0 Å². The Kier molecular flexibility index (Phi) is 3.45. The minimum Gasteiger partial charge on any atom is -0.398 e. The topological polar surface area (TPSA) is 29.3 Å². The van der Waals surface area contributed by atoms with Crippen molar-refractivity contribution >= 4 is 17.3 Å². The van der Waals surface area contributed by atoms with Crippen LogP contribution >= 0.6 is 11.6 Å². The summed E-state index contributed by atoms with van der Waals surface area (Å²) in [5.41, 5.74) is 11.0. The second kappa shape index (κ2) is 5.24. The average molecular weight is 273 g/mol. The van der Waals surface area contributed by atoms with Crippen molar-refractivity contribution in [3.63, 3.8) is 0 Å². The lowest BCUT2D eigenvalue weighted by atomic mass is 9.98. The van der Waals surface area contributed by atoms with E-state index in [0.29, 0.717) is 0 Å². The molecule has 0 aliphatic carbocycles. The number of hydrogen-bond donors (Lipinski definition) is 1. The van der Waals surface area contributed by atoms with Crippen LogP contribution in [0.5, 0.6) is 0 Å². The number of nitrogens with two attached hydrogens (primary N) is 1. The number of benzene rings is 2. The van der Waals surface area contributed by atoms with Gasteiger partial charge in [0.15, 0.2) is 0 Å². The van der Waals surface area contributed by atoms with Gasteiger partial charge in [-0.2, -0.15) is 0 Å². The van der Waals surface area contributed by atoms with Crippen molar-refractivity contribution < 1.29 is 0 Å². The molecule has 0 radical (unpaired) electrons. The van der Waals surface area contributed by atoms with Crippen molar-refractivity contribution in [2.24, 2.45) is 0 Å². The quantitative estimate of drug-likeness (QED) is 0.848. The van der Waals surface area contributed by atoms with Crippen molar-refractivity contribution in [2.45, 2.75) is 19.5 Å². The van der Waals surface area contributed by atoms with Crippen LogP contribution in [0.25, 0.3) is 0 Å². The van der Waals surface area contributed by atoms with E-state index in [1.165, 1.54) is 16.7 Å². The third-order valence-electron chi connectivity index (χ3n) is 3.71. The number of nitrogens with zero attached hydrogens (tertiary/aromatic N) is 1. The minimum atomic E-state index is 0.789. The standard InChI is InChI=1S/C16H17ClN2/c17-14-6-4-12(5-7-14)10-19-9-8-13-2-1-3-16(18)15(13)11-19/h1-7H,8-11,18H2. The maximum absolute atomic E-state index is 6.07. The predicted molar refractivity (Wildman–Crippen MR) is 80.1 cm³/mol. The van der Waals surface area contributed by atoms with Gasteiger partial charge in [-0.05, 0) is 41.3 Å². The van der Waals surface area contributed by atoms with Gasteiger partial charge in [-0.1, -0.05) is 35.9 Å². The highest BCUT2D eigenvalue weighted by Crippen LogP contribution is 2.25. The highest BCUT2D eigenvalue weighted by Gasteiger charge is 2.17. The van der Waals surface area contributed by atoms with E-state index in [4.69, 9.17) is 17.3 Å². The fourth-order valence-corrected chi connectivity index (χ4v) is 2.77. The molecule has 2 nitrogen and oxygen atoms in total. The lowest BCUT2D eigenvalue weighted by Gasteiger charge is -2.29. The predicted octanol–water partition coefficient (Wildman–Crippen LogP) is 3.48. The zero-order valence-electron chi connectivity index (χ0n) is 10.8. The molecule has 0 fully saturated rings. The van der Waals surface area contributed by atoms with Crippen molar-refractivity contribution in [3.8, 4) is 0 Å². The van der Waals surface area contributed by atoms with Gasteiger partial charge >= 0.3 is 0 Å². The van der Waals surface area contributed by atoms with Crippen molar-refractivity contribution in [1.82, 2.24) is 4.90 Å². The first-order chi connectivity index (χ1) is 9.22. The second-order valence-electron chi connectivity index (χ2n) is 5.07. The van der Waals surface area contributed by atoms with Crippen LogP contribution in [0, 0.1) is 0 Å². The van der Waals surface area contributed by atoms with Crippen molar-refractivity contribution in [2.75, 3.05) is 12.3 Å². The summed E-state index contributed by atoms with van der Waals surface area (Å²) in [6.45, 7) is 2.97. The zero-order chi connectivity index (χ0) is 13.2. The number of hydrogen-bond acceptors (Lipinski definition) is 2. The molecular weight excluding hydrogens is 256 g/mol. The molecule has 2 aromatic carbocycles. The molecule has 19 heavy (non-hydrogen) atoms. The van der Waals surface area contributed by atoms with E-state index in [0.717, 1.165) is 36.8 Å². The van der Waals surface area contributed by atoms with Crippen LogP contribution < -0.4 is 5.73 Å². The van der Waals surface area contributed by atoms with Crippen LogP contribution in [0.15, 0.2) is 42.5 Å². The molecule has 0 amide bonds. The highest BCUT2D eigenvalue weighted by molar-refractivity contribution is 6.30. The molecular formula is C16H17ClN2. The molecule has 2 aromatic rings. The van der Waals surface area contributed by atoms with E-state index in [-0.39, 0.29) is 0 Å². The van der Waals surface area contributed by atoms with Gasteiger partial charge in [0.25, 0.3) is 0 Å². The number of anilines is 1. The van der Waals surface area contributed by atoms with E-state index < -0.39 is 0 Å². The Morgan fingerprint density at radius 1 is 1.11 bits per heavy atom. The number of rotatable bonds is 2. The number of halogens is 1. The molecule has 2 N–H and O–H groups in total. The van der Waals surface area contributed by atoms with Gasteiger partial charge in [-0.25, -0.2) is 0 Å². The molecule has 1 aliphatic heterocycles. The van der Waals surface area contributed by atoms with Crippen LogP contribution in [-0.4, -0.2) is 11.4 Å². The van der Waals surface area contributed by atoms with Crippen LogP contribution in [-0.2, 0) is 19.5 Å². The van der Waals surface area contributed by atoms with Crippen LogP contribution in [0.4, 0.5) is 5.69 Å². The SMILES string of the molecule is Nc1cccc2c1CN(Cc1ccc(Cl)cc1)CC2. The average Bonchev–Trinajstić information content (AvgIpc) is 2.42. The third kappa shape index (κ3) is 2.75. The Bertz CT molecular complexity index is 578. The fourth-order valence-electron chi connectivity index (χ4n) is 2.65. The maximum Gasteiger partial charge on any atom is 0.0406 e. The van der Waals surface area contributed by atoms with Gasteiger partial charge in [0, 0.05) is 30.3 Å². The summed E-state index contributed by atoms with van der Waals surface area (Å²) < 4.78 is 0. The van der Waals surface area contributed by atoms with E-state index in [9.17, 15) is 0 Å². The van der Waals surface area contributed by atoms with Gasteiger partial charge in [-0.3, -0.25) is 4.90 Å². The normalized spacial score (nSPS) is 15.2. The lowest BCUT2D eigenvalue weighted by Crippen LogP contribution is -2.30. The lowest BCUT2D eigenvalue weighted by molar-refractivity contribution is 0.246. The number of nitrogen functional groups attached to an aromatic ring is 1. The Balaban J connectivity index is 1.75. The molecule has 98 valence electrons. The van der Waals surface area contributed by atoms with E-state index in [1.54, 1.807) is 0 Å². The summed E-state index contributed by atoms with van der Waals surface area (Å²) in [6.07, 6.45) is 1.08. The molecule has 0 saturated heterocycles. The second-order valence-corrected chi connectivity index (χ2v) is 5.51. The Labute approximate surface area is 118 Å². The molecule has 0 bridgehead atoms. The van der Waals surface area contributed by atoms with Crippen LogP contribution in [0.1, 0.15) is 16.7 Å². The summed E-state index contributed by atoms with van der Waals surface area (Å²) in [4.78, 5) is 2.43. The first kappa shape index (κ1) is 12.5. The van der Waals surface area contributed by atoms with E-state index >= 15 is 0 Å². The molecule has 0 spiro atoms. The molecule has 3 heteroatoms. The van der Waals surface area contributed by atoms with Gasteiger partial charge in [0.1, 0.15) is 0 Å². The monoisotopic (exact) mass is 272 g/mol. The summed E-state index contributed by atoms with van der Waals surface area (Å²) in [7, 11) is 0. The first-order valence-electron chi connectivity index (χ1n) is 6.55. The molecule has 0 saturated carbocycles. The van der Waals surface area contributed by atoms with Gasteiger partial charge in [0.2, 0.25) is 0 Å². The maximum atomic E-state index is 6.07. The van der Waals surface area contributed by atoms with E-state index in [1.807, 2.05) is 24.3 Å². The summed E-state index contributed by atoms with van der Waals surface area (Å²) >= 11 is 5.91. The van der Waals surface area contributed by atoms with Crippen LogP contribution in [0.3, 0.4) is 0 Å². The summed E-state index contributed by atoms with van der Waals surface area (Å²) in [5, 5.41) is 0.789. The van der Waals surface area contributed by atoms with Crippen molar-refractivity contribution in [3.05, 3.63) is 64.2 Å². The van der Waals surface area contributed by atoms with Gasteiger partial charge in [-0.15, -0.1) is 0 Å². The zero-order valence-corrected chi connectivity index (χ0v) is 11.5. The third-order valence-corrected chi connectivity index (χ3v) is 3.96. The number of fused-ring (bicyclic) bond motifs is 1. The molecule has 0 unspecified atom stereocenters.